The Kier molecular flexibility index (Phi) is 2.25. The molecule has 2 aromatic rings. The lowest BCUT2D eigenvalue weighted by Crippen LogP contribution is -2.15. The van der Waals surface area contributed by atoms with E-state index in [1.165, 1.54) is 40.6 Å². The van der Waals surface area contributed by atoms with Crippen LogP contribution in [0, 0.1) is 13.8 Å². The van der Waals surface area contributed by atoms with Crippen LogP contribution in [0.5, 0.6) is 0 Å². The van der Waals surface area contributed by atoms with Gasteiger partial charge in [0.15, 0.2) is 0 Å². The zero-order valence-corrected chi connectivity index (χ0v) is 9.93. The third kappa shape index (κ3) is 1.85. The molecule has 0 atom stereocenters. The molecule has 0 unspecified atom stereocenters. The Balaban J connectivity index is 1.91. The number of aryl methyl sites for hydroxylation is 2. The van der Waals surface area contributed by atoms with Crippen molar-refractivity contribution in [2.75, 3.05) is 0 Å². The Morgan fingerprint density at radius 3 is 2.81 bits per heavy atom. The van der Waals surface area contributed by atoms with Crippen LogP contribution in [0.3, 0.4) is 0 Å². The van der Waals surface area contributed by atoms with Gasteiger partial charge in [-0.1, -0.05) is 11.6 Å². The number of nitrogens with one attached hydrogen (secondary N) is 2. The molecule has 0 radical (unpaired) electrons. The van der Waals surface area contributed by atoms with Gasteiger partial charge in [0.2, 0.25) is 0 Å². The van der Waals surface area contributed by atoms with Crippen molar-refractivity contribution in [1.82, 2.24) is 10.3 Å². The Morgan fingerprint density at radius 2 is 2.06 bits per heavy atom. The first kappa shape index (κ1) is 9.91. The minimum atomic E-state index is 0.772. The Labute approximate surface area is 96.1 Å². The van der Waals surface area contributed by atoms with E-state index in [0.717, 1.165) is 12.6 Å². The van der Waals surface area contributed by atoms with Gasteiger partial charge in [-0.2, -0.15) is 0 Å². The molecule has 0 saturated heterocycles. The number of fused-ring (bicyclic) bond motifs is 1. The van der Waals surface area contributed by atoms with Gasteiger partial charge in [0.25, 0.3) is 0 Å². The molecule has 1 aromatic carbocycles. The first-order chi connectivity index (χ1) is 7.72. The molecule has 2 heteroatoms. The summed E-state index contributed by atoms with van der Waals surface area (Å²) in [4.78, 5) is 3.51. The monoisotopic (exact) mass is 214 g/mol. The Morgan fingerprint density at radius 1 is 1.25 bits per heavy atom. The topological polar surface area (TPSA) is 27.8 Å². The fraction of sp³-hybridized carbons (Fsp3) is 0.429. The van der Waals surface area contributed by atoms with E-state index in [2.05, 4.69) is 42.3 Å². The average Bonchev–Trinajstić information content (AvgIpc) is 2.96. The molecule has 0 aliphatic heterocycles. The summed E-state index contributed by atoms with van der Waals surface area (Å²) in [5.74, 6) is 0. The van der Waals surface area contributed by atoms with Crippen LogP contribution in [0.2, 0.25) is 0 Å². The molecule has 1 fully saturated rings. The fourth-order valence-corrected chi connectivity index (χ4v) is 2.31. The number of aromatic nitrogens is 1. The van der Waals surface area contributed by atoms with Crippen molar-refractivity contribution in [2.45, 2.75) is 39.3 Å². The highest BCUT2D eigenvalue weighted by atomic mass is 15.0. The SMILES string of the molecule is Cc1cc(C)c2[nH]c(CNC3CC3)cc2c1. The minimum Gasteiger partial charge on any atom is -0.357 e. The molecule has 3 rings (SSSR count). The zero-order valence-electron chi connectivity index (χ0n) is 9.93. The van der Waals surface area contributed by atoms with Crippen LogP contribution in [0.1, 0.15) is 29.7 Å². The fourth-order valence-electron chi connectivity index (χ4n) is 2.31. The third-order valence-electron chi connectivity index (χ3n) is 3.28. The third-order valence-corrected chi connectivity index (χ3v) is 3.28. The summed E-state index contributed by atoms with van der Waals surface area (Å²) in [6.07, 6.45) is 2.69. The largest absolute Gasteiger partial charge is 0.357 e. The maximum absolute atomic E-state index is 3.54. The van der Waals surface area contributed by atoms with Crippen molar-refractivity contribution in [3.8, 4) is 0 Å². The highest BCUT2D eigenvalue weighted by Gasteiger charge is 2.20. The molecule has 1 aliphatic carbocycles. The summed E-state index contributed by atoms with van der Waals surface area (Å²) in [6.45, 7) is 5.29. The first-order valence-electron chi connectivity index (χ1n) is 6.04. The van der Waals surface area contributed by atoms with Gasteiger partial charge in [0.1, 0.15) is 0 Å². The van der Waals surface area contributed by atoms with Gasteiger partial charge in [-0.05, 0) is 44.4 Å². The normalized spacial score (nSPS) is 15.9. The van der Waals surface area contributed by atoms with E-state index in [0.29, 0.717) is 0 Å². The van der Waals surface area contributed by atoms with E-state index in [1.807, 2.05) is 0 Å². The van der Waals surface area contributed by atoms with E-state index in [-0.39, 0.29) is 0 Å². The first-order valence-corrected chi connectivity index (χ1v) is 6.04. The van der Waals surface area contributed by atoms with Gasteiger partial charge in [0, 0.05) is 29.2 Å². The smallest absolute Gasteiger partial charge is 0.0486 e. The highest BCUT2D eigenvalue weighted by Crippen LogP contribution is 2.23. The number of hydrogen-bond donors (Lipinski definition) is 2. The molecule has 1 aliphatic rings. The standard InChI is InChI=1S/C14H18N2/c1-9-5-10(2)14-11(6-9)7-13(16-14)8-15-12-3-4-12/h5-7,12,15-16H,3-4,8H2,1-2H3. The quantitative estimate of drug-likeness (QED) is 0.807. The average molecular weight is 214 g/mol. The highest BCUT2D eigenvalue weighted by molar-refractivity contribution is 5.84. The van der Waals surface area contributed by atoms with Crippen LogP contribution in [0.4, 0.5) is 0 Å². The van der Waals surface area contributed by atoms with Crippen molar-refractivity contribution in [3.63, 3.8) is 0 Å². The number of hydrogen-bond acceptors (Lipinski definition) is 1. The van der Waals surface area contributed by atoms with Crippen LogP contribution >= 0.6 is 0 Å². The molecular weight excluding hydrogens is 196 g/mol. The van der Waals surface area contributed by atoms with Gasteiger partial charge in [0.05, 0.1) is 0 Å². The molecule has 1 aromatic heterocycles. The van der Waals surface area contributed by atoms with E-state index >= 15 is 0 Å². The van der Waals surface area contributed by atoms with Crippen molar-refractivity contribution < 1.29 is 0 Å². The van der Waals surface area contributed by atoms with Crippen LogP contribution in [-0.2, 0) is 6.54 Å². The molecule has 0 spiro atoms. The number of H-pyrrole nitrogens is 1. The van der Waals surface area contributed by atoms with E-state index < -0.39 is 0 Å². The summed E-state index contributed by atoms with van der Waals surface area (Å²) < 4.78 is 0. The summed E-state index contributed by atoms with van der Waals surface area (Å²) in [5.41, 5.74) is 5.27. The van der Waals surface area contributed by atoms with Gasteiger partial charge in [-0.15, -0.1) is 0 Å². The van der Waals surface area contributed by atoms with Crippen LogP contribution in [0.25, 0.3) is 10.9 Å². The van der Waals surface area contributed by atoms with Crippen LogP contribution in [0.15, 0.2) is 18.2 Å². The van der Waals surface area contributed by atoms with Crippen molar-refractivity contribution >= 4 is 10.9 Å². The summed E-state index contributed by atoms with van der Waals surface area (Å²) in [6, 6.07) is 7.52. The van der Waals surface area contributed by atoms with Crippen LogP contribution < -0.4 is 5.32 Å². The van der Waals surface area contributed by atoms with Gasteiger partial charge >= 0.3 is 0 Å². The molecule has 84 valence electrons. The van der Waals surface area contributed by atoms with Gasteiger partial charge in [-0.25, -0.2) is 0 Å². The van der Waals surface area contributed by atoms with Crippen molar-refractivity contribution in [2.24, 2.45) is 0 Å². The maximum atomic E-state index is 3.54. The predicted molar refractivity (Wildman–Crippen MR) is 67.6 cm³/mol. The lowest BCUT2D eigenvalue weighted by molar-refractivity contribution is 0.678. The van der Waals surface area contributed by atoms with E-state index in [4.69, 9.17) is 0 Å². The molecule has 1 saturated carbocycles. The number of benzene rings is 1. The number of aromatic amines is 1. The lowest BCUT2D eigenvalue weighted by Gasteiger charge is -1.99. The molecule has 1 heterocycles. The van der Waals surface area contributed by atoms with Crippen molar-refractivity contribution in [3.05, 3.63) is 35.0 Å². The lowest BCUT2D eigenvalue weighted by atomic mass is 10.1. The Bertz CT molecular complexity index is 521. The summed E-state index contributed by atoms with van der Waals surface area (Å²) >= 11 is 0. The summed E-state index contributed by atoms with van der Waals surface area (Å²) in [7, 11) is 0. The predicted octanol–water partition coefficient (Wildman–Crippen LogP) is 3.04. The zero-order chi connectivity index (χ0) is 11.1. The van der Waals surface area contributed by atoms with E-state index in [9.17, 15) is 0 Å². The van der Waals surface area contributed by atoms with Gasteiger partial charge in [-0.3, -0.25) is 0 Å². The van der Waals surface area contributed by atoms with Crippen molar-refractivity contribution in [1.29, 1.82) is 0 Å². The molecule has 2 nitrogen and oxygen atoms in total. The molecule has 2 N–H and O–H groups in total. The van der Waals surface area contributed by atoms with E-state index in [1.54, 1.807) is 0 Å². The van der Waals surface area contributed by atoms with Crippen LogP contribution in [-0.4, -0.2) is 11.0 Å². The second-order valence-electron chi connectivity index (χ2n) is 5.00. The minimum absolute atomic E-state index is 0.772. The Hall–Kier alpha value is -1.28. The second-order valence-corrected chi connectivity index (χ2v) is 5.00. The molecule has 0 amide bonds. The maximum Gasteiger partial charge on any atom is 0.0486 e. The molecular formula is C14H18N2. The number of rotatable bonds is 3. The molecule has 0 bridgehead atoms. The summed E-state index contributed by atoms with van der Waals surface area (Å²) in [5, 5.41) is 4.87. The second kappa shape index (κ2) is 3.63. The molecule has 16 heavy (non-hydrogen) atoms. The van der Waals surface area contributed by atoms with Gasteiger partial charge < -0.3 is 10.3 Å².